The number of carbonyl (C=O) groups is 8. The van der Waals surface area contributed by atoms with Crippen LogP contribution >= 0.6 is 46.4 Å². The lowest BCUT2D eigenvalue weighted by Gasteiger charge is -2.29. The van der Waals surface area contributed by atoms with Gasteiger partial charge in [-0.15, -0.1) is 0 Å². The minimum Gasteiger partial charge on any atom is -0.378 e. The normalized spacial score (nSPS) is 12.5. The maximum Gasteiger partial charge on any atom is 0.259 e. The van der Waals surface area contributed by atoms with E-state index in [1.54, 1.807) is 140 Å². The Balaban J connectivity index is 0.000000159. The van der Waals surface area contributed by atoms with Gasteiger partial charge in [0.05, 0.1) is 78.3 Å². The van der Waals surface area contributed by atoms with E-state index in [0.29, 0.717) is 103 Å². The first kappa shape index (κ1) is 95.9. The molecule has 3 fully saturated rings. The summed E-state index contributed by atoms with van der Waals surface area (Å²) in [6.45, 7) is 5.88. The molecule has 0 saturated carbocycles. The van der Waals surface area contributed by atoms with E-state index >= 15 is 0 Å². The van der Waals surface area contributed by atoms with Gasteiger partial charge in [-0.25, -0.2) is 37.5 Å². The molecule has 12 N–H and O–H groups in total. The van der Waals surface area contributed by atoms with Crippen LogP contribution in [0, 0.1) is 44.9 Å². The largest absolute Gasteiger partial charge is 0.378 e. The molecule has 12 aromatic rings. The first-order valence-electron chi connectivity index (χ1n) is 40.9. The lowest BCUT2D eigenvalue weighted by Crippen LogP contribution is -2.40. The van der Waals surface area contributed by atoms with Crippen LogP contribution in [-0.4, -0.2) is 177 Å². The molecule has 0 aliphatic carbocycles. The lowest BCUT2D eigenvalue weighted by molar-refractivity contribution is 0.0680. The van der Waals surface area contributed by atoms with Gasteiger partial charge in [0.1, 0.15) is 69.9 Å². The van der Waals surface area contributed by atoms with Crippen LogP contribution in [-0.2, 0) is 4.74 Å². The predicted molar refractivity (Wildman–Crippen MR) is 502 cm³/mol. The van der Waals surface area contributed by atoms with E-state index in [9.17, 15) is 55.9 Å². The number of nitrogens with one attached hydrogen (secondary N) is 12. The Labute approximate surface area is 774 Å². The molecular formula is C95H84Cl4F4N20O9. The molecule has 29 nitrogen and oxygen atoms in total. The van der Waals surface area contributed by atoms with Crippen molar-refractivity contribution in [1.29, 1.82) is 21.6 Å². The van der Waals surface area contributed by atoms with Gasteiger partial charge in [0, 0.05) is 123 Å². The number of pyridine rings is 4. The Hall–Kier alpha value is -15.2. The number of rotatable bonds is 20. The molecule has 132 heavy (non-hydrogen) atoms. The molecule has 3 aliphatic heterocycles. The van der Waals surface area contributed by atoms with Crippen molar-refractivity contribution < 1.29 is 60.7 Å². The maximum atomic E-state index is 13.9. The first-order valence-corrected chi connectivity index (χ1v) is 42.4. The van der Waals surface area contributed by atoms with Crippen molar-refractivity contribution in [3.63, 3.8) is 0 Å². The van der Waals surface area contributed by atoms with E-state index in [0.717, 1.165) is 112 Å². The van der Waals surface area contributed by atoms with Crippen molar-refractivity contribution in [3.8, 4) is 0 Å². The fraction of sp³-hybridized carbons (Fsp3) is 0.158. The van der Waals surface area contributed by atoms with Gasteiger partial charge in [-0.05, 0) is 202 Å². The highest BCUT2D eigenvalue weighted by Crippen LogP contribution is 2.28. The first-order chi connectivity index (χ1) is 63.4. The molecule has 0 unspecified atom stereocenters. The van der Waals surface area contributed by atoms with E-state index < -0.39 is 70.5 Å². The standard InChI is InChI=1S/C25H23ClFN5O2.C24H21ClFN5O3.C24H21ClFN5O2.C22H19ClFN5O2/c26-18-8-11-22(29-15-18)31-25(34)20-14-19(27)9-10-21(20)30-24(33)17-6-4-16(5-7-17)23(28)32-12-2-1-3-13-32;25-17-5-8-21(28-14-17)30-24(33)19-13-18(26)6-7-20(19)29-23(32)16-3-1-15(2-4-16)22(27)31-9-11-34-12-10-31;25-17-7-10-21(28-14-17)30-24(33)19-13-18(26)8-9-20(19)29-23(32)16-5-3-15(4-6-16)22(27)31-11-1-2-12-31;1-29(2)20(25)13-3-5-14(6-4-13)21(30)27-18-9-8-16(24)11-17(18)22(31)28-19-10-7-15(23)12-26-19/h4-11,14-15,28H,1-3,12-13H2,(H,30,33)(H,29,31,34);1-8,13-14,27H,9-12H2,(H,29,32)(H,28,30,33);3-10,13-14,27H,1-2,11-12H2,(H,29,32)(H,28,30,33);3-12,25H,1-2H3,(H,27,30)(H,26,28,31). The summed E-state index contributed by atoms with van der Waals surface area (Å²) < 4.78 is 60.7. The number of hydrogen-bond donors (Lipinski definition) is 12. The van der Waals surface area contributed by atoms with E-state index in [1.807, 2.05) is 14.7 Å². The van der Waals surface area contributed by atoms with Crippen LogP contribution in [0.2, 0.25) is 20.1 Å². The predicted octanol–water partition coefficient (Wildman–Crippen LogP) is 18.3. The van der Waals surface area contributed by atoms with Crippen LogP contribution in [0.4, 0.5) is 63.6 Å². The summed E-state index contributed by atoms with van der Waals surface area (Å²) in [5, 5.41) is 55.5. The van der Waals surface area contributed by atoms with E-state index in [1.165, 1.54) is 79.7 Å². The van der Waals surface area contributed by atoms with Gasteiger partial charge in [-0.3, -0.25) is 60.0 Å². The van der Waals surface area contributed by atoms with Gasteiger partial charge in [0.15, 0.2) is 0 Å². The van der Waals surface area contributed by atoms with Crippen LogP contribution < -0.4 is 42.5 Å². The second-order valence-corrected chi connectivity index (χ2v) is 31.5. The summed E-state index contributed by atoms with van der Waals surface area (Å²) in [7, 11) is 3.51. The number of aromatic nitrogens is 4. The third-order valence-electron chi connectivity index (χ3n) is 20.3. The average molecular weight is 1870 g/mol. The fourth-order valence-corrected chi connectivity index (χ4v) is 13.8. The quantitative estimate of drug-likeness (QED) is 0.0192. The molecule has 0 bridgehead atoms. The Kier molecular flexibility index (Phi) is 33.2. The number of halogens is 8. The molecule has 7 heterocycles. The SMILES string of the molecule is CN(C)C(=N)c1ccc(C(=O)Nc2ccc(F)cc2C(=O)Nc2ccc(Cl)cn2)cc1.N=C(c1ccc(C(=O)Nc2ccc(F)cc2C(=O)Nc2ccc(Cl)cn2)cc1)N1CCCC1.N=C(c1ccc(C(=O)Nc2ccc(F)cc2C(=O)Nc2ccc(Cl)cn2)cc1)N1CCCCC1.N=C(c1ccc(C(=O)Nc2ccc(F)cc2C(=O)Nc2ccc(Cl)cn2)cc1)N1CCOCC1. The van der Waals surface area contributed by atoms with Crippen molar-refractivity contribution in [2.24, 2.45) is 0 Å². The van der Waals surface area contributed by atoms with Gasteiger partial charge in [0.2, 0.25) is 0 Å². The summed E-state index contributed by atoms with van der Waals surface area (Å²) in [6, 6.07) is 52.8. The summed E-state index contributed by atoms with van der Waals surface area (Å²) in [4.78, 5) is 125. The molecule has 0 radical (unpaired) electrons. The molecular weight excluding hydrogens is 1780 g/mol. The maximum absolute atomic E-state index is 13.9. The van der Waals surface area contributed by atoms with Gasteiger partial charge in [-0.2, -0.15) is 0 Å². The van der Waals surface area contributed by atoms with Crippen LogP contribution in [0.15, 0.2) is 243 Å². The molecule has 8 amide bonds. The number of carbonyl (C=O) groups excluding carboxylic acids is 8. The van der Waals surface area contributed by atoms with Crippen molar-refractivity contribution in [1.82, 2.24) is 39.5 Å². The zero-order chi connectivity index (χ0) is 94.1. The highest BCUT2D eigenvalue weighted by atomic mass is 35.5. The van der Waals surface area contributed by atoms with E-state index in [4.69, 9.17) is 72.8 Å². The molecule has 674 valence electrons. The molecule has 0 spiro atoms. The van der Waals surface area contributed by atoms with E-state index in [2.05, 4.69) is 62.5 Å². The molecule has 3 saturated heterocycles. The summed E-state index contributed by atoms with van der Waals surface area (Å²) in [5.41, 5.74) is 4.52. The molecule has 0 atom stereocenters. The Morgan fingerprint density at radius 1 is 0.295 bits per heavy atom. The van der Waals surface area contributed by atoms with Crippen molar-refractivity contribution >= 4 is 163 Å². The van der Waals surface area contributed by atoms with Gasteiger partial charge in [-0.1, -0.05) is 94.9 Å². The highest BCUT2D eigenvalue weighted by molar-refractivity contribution is 6.31. The van der Waals surface area contributed by atoms with Gasteiger partial charge >= 0.3 is 0 Å². The topological polar surface area (TPSA) is 402 Å². The number of amidine groups is 4. The number of hydrogen-bond acceptors (Lipinski definition) is 17. The third kappa shape index (κ3) is 26.8. The lowest BCUT2D eigenvalue weighted by atomic mass is 10.1. The van der Waals surface area contributed by atoms with E-state index in [-0.39, 0.29) is 68.3 Å². The number of amides is 8. The zero-order valence-corrected chi connectivity index (χ0v) is 73.6. The highest BCUT2D eigenvalue weighted by Gasteiger charge is 2.26. The molecule has 15 rings (SSSR count). The minimum atomic E-state index is -0.640. The molecule has 3 aliphatic rings. The molecule has 4 aromatic heterocycles. The van der Waals surface area contributed by atoms with Crippen LogP contribution in [0.3, 0.4) is 0 Å². The number of benzene rings is 8. The van der Waals surface area contributed by atoms with Crippen molar-refractivity contribution in [2.45, 2.75) is 32.1 Å². The molecule has 37 heteroatoms. The van der Waals surface area contributed by atoms with Gasteiger partial charge < -0.3 is 66.9 Å². The zero-order valence-electron chi connectivity index (χ0n) is 70.6. The monoisotopic (exact) mass is 1860 g/mol. The second-order valence-electron chi connectivity index (χ2n) is 29.8. The number of morpholine rings is 1. The smallest absolute Gasteiger partial charge is 0.259 e. The molecule has 8 aromatic carbocycles. The van der Waals surface area contributed by atoms with Crippen LogP contribution in [0.5, 0.6) is 0 Å². The van der Waals surface area contributed by atoms with Crippen LogP contribution in [0.25, 0.3) is 0 Å². The summed E-state index contributed by atoms with van der Waals surface area (Å²) in [5.74, 6) is -4.41. The number of nitrogens with zero attached hydrogens (tertiary/aromatic N) is 8. The number of anilines is 8. The number of likely N-dealkylation sites (tertiary alicyclic amines) is 2. The number of ether oxygens (including phenoxy) is 1. The summed E-state index contributed by atoms with van der Waals surface area (Å²) >= 11 is 23.2. The van der Waals surface area contributed by atoms with Crippen molar-refractivity contribution in [3.05, 3.63) is 353 Å². The second kappa shape index (κ2) is 45.7. The fourth-order valence-electron chi connectivity index (χ4n) is 13.3. The Morgan fingerprint density at radius 3 is 0.758 bits per heavy atom. The average Bonchev–Trinajstić information content (AvgIpc) is 0.980. The third-order valence-corrected chi connectivity index (χ3v) is 21.2. The van der Waals surface area contributed by atoms with Crippen molar-refractivity contribution in [2.75, 3.05) is 109 Å². The number of piperidine rings is 1. The Morgan fingerprint density at radius 2 is 0.523 bits per heavy atom. The summed E-state index contributed by atoms with van der Waals surface area (Å²) in [6.07, 6.45) is 11.0. The van der Waals surface area contributed by atoms with Crippen LogP contribution in [0.1, 0.15) is 137 Å². The van der Waals surface area contributed by atoms with Gasteiger partial charge in [0.25, 0.3) is 47.3 Å². The minimum absolute atomic E-state index is 0.0476. The Bertz CT molecular complexity index is 6070.